The second-order valence-electron chi connectivity index (χ2n) is 3.58. The van der Waals surface area contributed by atoms with Crippen molar-refractivity contribution in [3.05, 3.63) is 48.2 Å². The number of hydrogen-bond donors (Lipinski definition) is 2. The lowest BCUT2D eigenvalue weighted by molar-refractivity contribution is 0.762. The first-order valence-corrected chi connectivity index (χ1v) is 5.84. The Morgan fingerprint density at radius 2 is 1.69 bits per heavy atom. The van der Waals surface area contributed by atoms with E-state index in [-0.39, 0.29) is 0 Å². The molecule has 2 nitrogen and oxygen atoms in total. The van der Waals surface area contributed by atoms with E-state index < -0.39 is 0 Å². The molecule has 0 saturated carbocycles. The van der Waals surface area contributed by atoms with Gasteiger partial charge in [-0.3, -0.25) is 0 Å². The standard InChI is InChI=1S/C10H13N.C4H11N/c1-9(2)11-8-10-6-4-3-5-7-10;1-3-5-4-2/h3-7,11H,1,8H2,2H3;5H,3-4H2,1-2H3. The van der Waals surface area contributed by atoms with Gasteiger partial charge in [0.05, 0.1) is 0 Å². The van der Waals surface area contributed by atoms with Crippen molar-refractivity contribution in [1.82, 2.24) is 10.6 Å². The summed E-state index contributed by atoms with van der Waals surface area (Å²) in [5, 5.41) is 6.28. The average molecular weight is 220 g/mol. The van der Waals surface area contributed by atoms with Crippen molar-refractivity contribution in [3.63, 3.8) is 0 Å². The van der Waals surface area contributed by atoms with E-state index in [0.717, 1.165) is 25.3 Å². The zero-order chi connectivity index (χ0) is 12.2. The molecule has 0 aliphatic carbocycles. The monoisotopic (exact) mass is 220 g/mol. The van der Waals surface area contributed by atoms with E-state index in [2.05, 4.69) is 43.2 Å². The number of rotatable bonds is 5. The summed E-state index contributed by atoms with van der Waals surface area (Å²) in [5.74, 6) is 0. The molecule has 1 aromatic rings. The van der Waals surface area contributed by atoms with Crippen molar-refractivity contribution in [1.29, 1.82) is 0 Å². The summed E-state index contributed by atoms with van der Waals surface area (Å²) in [7, 11) is 0. The number of benzene rings is 1. The quantitative estimate of drug-likeness (QED) is 0.797. The molecule has 2 heteroatoms. The lowest BCUT2D eigenvalue weighted by Gasteiger charge is -2.03. The van der Waals surface area contributed by atoms with Crippen molar-refractivity contribution in [2.45, 2.75) is 27.3 Å². The maximum Gasteiger partial charge on any atom is 0.0397 e. The molecule has 0 atom stereocenters. The van der Waals surface area contributed by atoms with Crippen LogP contribution in [0.2, 0.25) is 0 Å². The first-order chi connectivity index (χ1) is 7.70. The number of hydrogen-bond acceptors (Lipinski definition) is 2. The Kier molecular flexibility index (Phi) is 9.43. The molecule has 0 aliphatic heterocycles. The minimum Gasteiger partial charge on any atom is -0.385 e. The first kappa shape index (κ1) is 14.7. The molecule has 0 bridgehead atoms. The van der Waals surface area contributed by atoms with Crippen LogP contribution in [0.4, 0.5) is 0 Å². The van der Waals surface area contributed by atoms with Gasteiger partial charge in [0.25, 0.3) is 0 Å². The molecule has 0 aliphatic rings. The van der Waals surface area contributed by atoms with Gasteiger partial charge in [0.2, 0.25) is 0 Å². The number of nitrogens with one attached hydrogen (secondary N) is 2. The van der Waals surface area contributed by atoms with Crippen molar-refractivity contribution >= 4 is 0 Å². The van der Waals surface area contributed by atoms with E-state index in [4.69, 9.17) is 0 Å². The molecule has 1 aromatic carbocycles. The summed E-state index contributed by atoms with van der Waals surface area (Å²) in [5.41, 5.74) is 2.30. The van der Waals surface area contributed by atoms with E-state index >= 15 is 0 Å². The summed E-state index contributed by atoms with van der Waals surface area (Å²) < 4.78 is 0. The third kappa shape index (κ3) is 9.28. The first-order valence-electron chi connectivity index (χ1n) is 5.84. The largest absolute Gasteiger partial charge is 0.385 e. The van der Waals surface area contributed by atoms with Gasteiger partial charge < -0.3 is 10.6 Å². The third-order valence-electron chi connectivity index (χ3n) is 1.94. The predicted octanol–water partition coefficient (Wildman–Crippen LogP) is 2.93. The van der Waals surface area contributed by atoms with Crippen LogP contribution in [-0.2, 0) is 6.54 Å². The highest BCUT2D eigenvalue weighted by atomic mass is 14.9. The second-order valence-corrected chi connectivity index (χ2v) is 3.58. The third-order valence-corrected chi connectivity index (χ3v) is 1.94. The van der Waals surface area contributed by atoms with Crippen LogP contribution in [0.5, 0.6) is 0 Å². The van der Waals surface area contributed by atoms with Crippen LogP contribution in [0.1, 0.15) is 26.3 Å². The fourth-order valence-electron chi connectivity index (χ4n) is 1.10. The molecular formula is C14H24N2. The van der Waals surface area contributed by atoms with Crippen molar-refractivity contribution in [3.8, 4) is 0 Å². The molecule has 0 amide bonds. The van der Waals surface area contributed by atoms with Crippen LogP contribution in [0.3, 0.4) is 0 Å². The van der Waals surface area contributed by atoms with Gasteiger partial charge in [-0.1, -0.05) is 50.8 Å². The molecular weight excluding hydrogens is 196 g/mol. The van der Waals surface area contributed by atoms with Crippen LogP contribution >= 0.6 is 0 Å². The van der Waals surface area contributed by atoms with E-state index in [9.17, 15) is 0 Å². The van der Waals surface area contributed by atoms with Gasteiger partial charge in [0.15, 0.2) is 0 Å². The van der Waals surface area contributed by atoms with E-state index in [1.54, 1.807) is 0 Å². The smallest absolute Gasteiger partial charge is 0.0397 e. The van der Waals surface area contributed by atoms with Crippen molar-refractivity contribution in [2.24, 2.45) is 0 Å². The summed E-state index contributed by atoms with van der Waals surface area (Å²) >= 11 is 0. The van der Waals surface area contributed by atoms with Crippen LogP contribution in [0.15, 0.2) is 42.6 Å². The van der Waals surface area contributed by atoms with E-state index in [0.29, 0.717) is 0 Å². The zero-order valence-corrected chi connectivity index (χ0v) is 10.7. The second kappa shape index (κ2) is 10.2. The molecule has 0 unspecified atom stereocenters. The van der Waals surface area contributed by atoms with Crippen LogP contribution in [0, 0.1) is 0 Å². The van der Waals surface area contributed by atoms with Gasteiger partial charge in [0.1, 0.15) is 0 Å². The van der Waals surface area contributed by atoms with Gasteiger partial charge in [-0.15, -0.1) is 0 Å². The van der Waals surface area contributed by atoms with E-state index in [1.165, 1.54) is 5.56 Å². The van der Waals surface area contributed by atoms with Crippen molar-refractivity contribution < 1.29 is 0 Å². The maximum absolute atomic E-state index is 3.76. The molecule has 0 radical (unpaired) electrons. The van der Waals surface area contributed by atoms with Crippen LogP contribution < -0.4 is 10.6 Å². The molecule has 1 rings (SSSR count). The predicted molar refractivity (Wildman–Crippen MR) is 72.3 cm³/mol. The van der Waals surface area contributed by atoms with Crippen molar-refractivity contribution in [2.75, 3.05) is 13.1 Å². The molecule has 0 heterocycles. The molecule has 0 fully saturated rings. The minimum absolute atomic E-state index is 0.871. The highest BCUT2D eigenvalue weighted by Crippen LogP contribution is 1.97. The van der Waals surface area contributed by atoms with Gasteiger partial charge in [-0.2, -0.15) is 0 Å². The van der Waals surface area contributed by atoms with Gasteiger partial charge in [0, 0.05) is 12.2 Å². The SMILES string of the molecule is C=C(C)NCc1ccccc1.CCNCC. The molecule has 0 spiro atoms. The van der Waals surface area contributed by atoms with Crippen LogP contribution in [-0.4, -0.2) is 13.1 Å². The fourth-order valence-corrected chi connectivity index (χ4v) is 1.10. The Morgan fingerprint density at radius 1 is 1.12 bits per heavy atom. The summed E-state index contributed by atoms with van der Waals surface area (Å²) in [6.07, 6.45) is 0. The molecule has 2 N–H and O–H groups in total. The van der Waals surface area contributed by atoms with E-state index in [1.807, 2.05) is 25.1 Å². The molecule has 16 heavy (non-hydrogen) atoms. The lowest BCUT2D eigenvalue weighted by Crippen LogP contribution is -2.09. The average Bonchev–Trinajstić information content (AvgIpc) is 2.30. The van der Waals surface area contributed by atoms with Crippen LogP contribution in [0.25, 0.3) is 0 Å². The highest BCUT2D eigenvalue weighted by Gasteiger charge is 1.87. The molecule has 0 aromatic heterocycles. The number of allylic oxidation sites excluding steroid dienone is 1. The Balaban J connectivity index is 0.000000385. The zero-order valence-electron chi connectivity index (χ0n) is 10.7. The van der Waals surface area contributed by atoms with Gasteiger partial charge >= 0.3 is 0 Å². The Bertz CT molecular complexity index is 265. The topological polar surface area (TPSA) is 24.1 Å². The fraction of sp³-hybridized carbons (Fsp3) is 0.429. The lowest BCUT2D eigenvalue weighted by atomic mass is 10.2. The molecule has 0 saturated heterocycles. The highest BCUT2D eigenvalue weighted by molar-refractivity contribution is 5.14. The van der Waals surface area contributed by atoms with Gasteiger partial charge in [-0.05, 0) is 25.6 Å². The normalized spacial score (nSPS) is 8.94. The summed E-state index contributed by atoms with van der Waals surface area (Å²) in [6, 6.07) is 10.3. The Morgan fingerprint density at radius 3 is 2.06 bits per heavy atom. The maximum atomic E-state index is 3.76. The van der Waals surface area contributed by atoms with Gasteiger partial charge in [-0.25, -0.2) is 0 Å². The Hall–Kier alpha value is -1.28. The summed E-state index contributed by atoms with van der Waals surface area (Å²) in [6.45, 7) is 13.0. The Labute approximate surface area is 99.8 Å². The minimum atomic E-state index is 0.871. The summed E-state index contributed by atoms with van der Waals surface area (Å²) in [4.78, 5) is 0. The molecule has 90 valence electrons.